The van der Waals surface area contributed by atoms with Crippen LogP contribution in [-0.2, 0) is 19.2 Å². The predicted molar refractivity (Wildman–Crippen MR) is 102 cm³/mol. The van der Waals surface area contributed by atoms with Crippen LogP contribution in [0.15, 0.2) is 24.3 Å². The fourth-order valence-electron chi connectivity index (χ4n) is 2.66. The lowest BCUT2D eigenvalue weighted by molar-refractivity contribution is -0.126. The van der Waals surface area contributed by atoms with E-state index >= 15 is 0 Å². The number of nitrogens with one attached hydrogen (secondary N) is 3. The highest BCUT2D eigenvalue weighted by Gasteiger charge is 2.26. The molecule has 0 fully saturated rings. The van der Waals surface area contributed by atoms with Gasteiger partial charge in [-0.2, -0.15) is 0 Å². The van der Waals surface area contributed by atoms with Gasteiger partial charge in [-0.15, -0.1) is 0 Å². The molecule has 1 aliphatic rings. The van der Waals surface area contributed by atoms with E-state index in [4.69, 9.17) is 0 Å². The summed E-state index contributed by atoms with van der Waals surface area (Å²) in [5.41, 5.74) is 1.21. The Morgan fingerprint density at radius 1 is 1.15 bits per heavy atom. The van der Waals surface area contributed by atoms with Gasteiger partial charge in [0.05, 0.1) is 11.4 Å². The highest BCUT2D eigenvalue weighted by atomic mass is 16.2. The van der Waals surface area contributed by atoms with E-state index in [1.54, 1.807) is 24.3 Å². The van der Waals surface area contributed by atoms with Crippen LogP contribution in [0.2, 0.25) is 0 Å². The van der Waals surface area contributed by atoms with Crippen LogP contribution in [-0.4, -0.2) is 42.8 Å². The third-order valence-electron chi connectivity index (χ3n) is 4.33. The van der Waals surface area contributed by atoms with E-state index < -0.39 is 0 Å². The van der Waals surface area contributed by atoms with Crippen LogP contribution in [0, 0.1) is 0 Å². The molecule has 1 aromatic carbocycles. The van der Waals surface area contributed by atoms with Gasteiger partial charge < -0.3 is 20.9 Å². The maximum atomic E-state index is 12.4. The number of para-hydroxylation sites is 2. The molecule has 3 N–H and O–H groups in total. The number of nitrogens with zero attached hydrogens (tertiary/aromatic N) is 1. The first-order valence-corrected chi connectivity index (χ1v) is 9.16. The Bertz CT molecular complexity index is 719. The van der Waals surface area contributed by atoms with Crippen molar-refractivity contribution in [1.29, 1.82) is 0 Å². The van der Waals surface area contributed by atoms with Crippen LogP contribution in [0.3, 0.4) is 0 Å². The summed E-state index contributed by atoms with van der Waals surface area (Å²) in [6.07, 6.45) is 1.04. The number of anilines is 2. The average molecular weight is 374 g/mol. The van der Waals surface area contributed by atoms with Gasteiger partial charge in [-0.05, 0) is 25.5 Å². The van der Waals surface area contributed by atoms with E-state index in [9.17, 15) is 19.2 Å². The zero-order valence-electron chi connectivity index (χ0n) is 15.7. The van der Waals surface area contributed by atoms with Crippen molar-refractivity contribution in [3.8, 4) is 0 Å². The van der Waals surface area contributed by atoms with Crippen molar-refractivity contribution in [2.45, 2.75) is 45.6 Å². The first kappa shape index (κ1) is 20.4. The van der Waals surface area contributed by atoms with Gasteiger partial charge >= 0.3 is 0 Å². The first-order valence-electron chi connectivity index (χ1n) is 9.16. The fourth-order valence-corrected chi connectivity index (χ4v) is 2.66. The third-order valence-corrected chi connectivity index (χ3v) is 4.33. The monoisotopic (exact) mass is 374 g/mol. The minimum atomic E-state index is -0.297. The van der Waals surface area contributed by atoms with Crippen molar-refractivity contribution in [1.82, 2.24) is 10.6 Å². The summed E-state index contributed by atoms with van der Waals surface area (Å²) in [7, 11) is 0. The Kier molecular flexibility index (Phi) is 7.34. The molecule has 1 unspecified atom stereocenters. The molecule has 1 aromatic rings. The lowest BCUT2D eigenvalue weighted by atomic mass is 10.1. The Labute approximate surface area is 158 Å². The number of hydrogen-bond acceptors (Lipinski definition) is 4. The predicted octanol–water partition coefficient (Wildman–Crippen LogP) is 1.17. The fraction of sp³-hybridized carbons (Fsp3) is 0.474. The van der Waals surface area contributed by atoms with Crippen LogP contribution in [0.4, 0.5) is 11.4 Å². The number of benzene rings is 1. The molecule has 1 atom stereocenters. The van der Waals surface area contributed by atoms with E-state index in [1.807, 2.05) is 13.8 Å². The van der Waals surface area contributed by atoms with Gasteiger partial charge in [-0.25, -0.2) is 0 Å². The number of amides is 4. The van der Waals surface area contributed by atoms with Crippen LogP contribution in [0.1, 0.15) is 39.5 Å². The molecule has 1 heterocycles. The summed E-state index contributed by atoms with van der Waals surface area (Å²) in [6, 6.07) is 7.15. The summed E-state index contributed by atoms with van der Waals surface area (Å²) in [4.78, 5) is 49.2. The topological polar surface area (TPSA) is 108 Å². The van der Waals surface area contributed by atoms with Gasteiger partial charge in [0.25, 0.3) is 0 Å². The van der Waals surface area contributed by atoms with Crippen LogP contribution < -0.4 is 20.9 Å². The molecule has 0 bridgehead atoms. The largest absolute Gasteiger partial charge is 0.356 e. The van der Waals surface area contributed by atoms with Crippen LogP contribution in [0.25, 0.3) is 0 Å². The summed E-state index contributed by atoms with van der Waals surface area (Å²) in [5.74, 6) is -0.966. The summed E-state index contributed by atoms with van der Waals surface area (Å²) < 4.78 is 0. The molecule has 8 heteroatoms. The van der Waals surface area contributed by atoms with Crippen molar-refractivity contribution >= 4 is 35.0 Å². The van der Waals surface area contributed by atoms with E-state index in [0.717, 1.165) is 6.42 Å². The van der Waals surface area contributed by atoms with Crippen LogP contribution in [0.5, 0.6) is 0 Å². The van der Waals surface area contributed by atoms with Gasteiger partial charge in [-0.1, -0.05) is 19.1 Å². The van der Waals surface area contributed by atoms with E-state index in [-0.39, 0.29) is 62.0 Å². The quantitative estimate of drug-likeness (QED) is 0.635. The number of carbonyl (C=O) groups is 4. The normalized spacial score (nSPS) is 14.0. The number of hydrogen-bond donors (Lipinski definition) is 3. The molecular weight excluding hydrogens is 348 g/mol. The highest BCUT2D eigenvalue weighted by Crippen LogP contribution is 2.29. The second-order valence-electron chi connectivity index (χ2n) is 6.52. The Morgan fingerprint density at radius 2 is 1.89 bits per heavy atom. The molecule has 27 heavy (non-hydrogen) atoms. The van der Waals surface area contributed by atoms with Gasteiger partial charge in [0.2, 0.25) is 23.6 Å². The maximum absolute atomic E-state index is 12.4. The molecule has 0 aromatic heterocycles. The standard InChI is InChI=1S/C19H26N4O4/c1-3-13(2)21-17(25)10-11-20-16(24)8-9-19(27)23-12-18(26)22-14-6-4-5-7-15(14)23/h4-7,13H,3,8-12H2,1-2H3,(H,20,24)(H,21,25)(H,22,26). The third kappa shape index (κ3) is 6.09. The summed E-state index contributed by atoms with van der Waals surface area (Å²) >= 11 is 0. The van der Waals surface area contributed by atoms with Gasteiger partial charge in [0.1, 0.15) is 6.54 Å². The molecule has 0 radical (unpaired) electrons. The molecule has 2 rings (SSSR count). The number of carbonyl (C=O) groups excluding carboxylic acids is 4. The summed E-state index contributed by atoms with van der Waals surface area (Å²) in [6.45, 7) is 4.06. The van der Waals surface area contributed by atoms with Gasteiger partial charge in [-0.3, -0.25) is 19.2 Å². The lowest BCUT2D eigenvalue weighted by Gasteiger charge is -2.29. The Morgan fingerprint density at radius 3 is 2.63 bits per heavy atom. The molecule has 146 valence electrons. The number of rotatable bonds is 8. The minimum Gasteiger partial charge on any atom is -0.356 e. The maximum Gasteiger partial charge on any atom is 0.244 e. The smallest absolute Gasteiger partial charge is 0.244 e. The van der Waals surface area contributed by atoms with Gasteiger partial charge in [0, 0.05) is 31.8 Å². The van der Waals surface area contributed by atoms with E-state index in [2.05, 4.69) is 16.0 Å². The van der Waals surface area contributed by atoms with Crippen LogP contribution >= 0.6 is 0 Å². The molecule has 1 aliphatic heterocycles. The second-order valence-corrected chi connectivity index (χ2v) is 6.52. The second kappa shape index (κ2) is 9.70. The Hall–Kier alpha value is -2.90. The molecule has 8 nitrogen and oxygen atoms in total. The molecule has 0 aliphatic carbocycles. The highest BCUT2D eigenvalue weighted by molar-refractivity contribution is 6.10. The SMILES string of the molecule is CCC(C)NC(=O)CCNC(=O)CCC(=O)N1CC(=O)Nc2ccccc21. The minimum absolute atomic E-state index is 0.00605. The van der Waals surface area contributed by atoms with Crippen molar-refractivity contribution in [2.75, 3.05) is 23.3 Å². The molecule has 4 amide bonds. The number of fused-ring (bicyclic) bond motifs is 1. The first-order chi connectivity index (χ1) is 12.9. The molecular formula is C19H26N4O4. The molecule has 0 saturated carbocycles. The van der Waals surface area contributed by atoms with Gasteiger partial charge in [0.15, 0.2) is 0 Å². The molecule has 0 saturated heterocycles. The van der Waals surface area contributed by atoms with Crippen molar-refractivity contribution in [2.24, 2.45) is 0 Å². The zero-order valence-corrected chi connectivity index (χ0v) is 15.7. The lowest BCUT2D eigenvalue weighted by Crippen LogP contribution is -2.42. The summed E-state index contributed by atoms with van der Waals surface area (Å²) in [5, 5.41) is 8.18. The Balaban J connectivity index is 1.76. The van der Waals surface area contributed by atoms with E-state index in [0.29, 0.717) is 11.4 Å². The van der Waals surface area contributed by atoms with Crippen molar-refractivity contribution in [3.63, 3.8) is 0 Å². The molecule has 0 spiro atoms. The zero-order chi connectivity index (χ0) is 19.8. The van der Waals surface area contributed by atoms with Crippen molar-refractivity contribution < 1.29 is 19.2 Å². The van der Waals surface area contributed by atoms with Crippen molar-refractivity contribution in [3.05, 3.63) is 24.3 Å². The average Bonchev–Trinajstić information content (AvgIpc) is 2.65. The van der Waals surface area contributed by atoms with E-state index in [1.165, 1.54) is 4.90 Å².